The molecule has 20 heavy (non-hydrogen) atoms. The lowest BCUT2D eigenvalue weighted by atomic mass is 9.98. The molecule has 0 saturated carbocycles. The van der Waals surface area contributed by atoms with E-state index in [2.05, 4.69) is 5.32 Å². The zero-order valence-corrected chi connectivity index (χ0v) is 11.0. The topological polar surface area (TPSA) is 70.0 Å². The van der Waals surface area contributed by atoms with Crippen LogP contribution in [-0.2, 0) is 4.79 Å². The first-order chi connectivity index (χ1) is 9.72. The molecule has 0 atom stereocenters. The van der Waals surface area contributed by atoms with E-state index in [1.165, 1.54) is 11.3 Å². The number of carbonyl (C=O) groups excluding carboxylic acids is 2. The zero-order chi connectivity index (χ0) is 14.1. The van der Waals surface area contributed by atoms with E-state index < -0.39 is 11.7 Å². The summed E-state index contributed by atoms with van der Waals surface area (Å²) in [6, 6.07) is 12.3. The largest absolute Gasteiger partial charge is 0.321 e. The van der Waals surface area contributed by atoms with Crippen molar-refractivity contribution in [1.29, 1.82) is 5.26 Å². The fourth-order valence-corrected chi connectivity index (χ4v) is 2.79. The Labute approximate surface area is 119 Å². The summed E-state index contributed by atoms with van der Waals surface area (Å²) in [5.74, 6) is -0.822. The molecular formula is C15H8N2O2S. The molecule has 0 aliphatic carbocycles. The van der Waals surface area contributed by atoms with Crippen molar-refractivity contribution in [1.82, 2.24) is 0 Å². The van der Waals surface area contributed by atoms with Gasteiger partial charge in [-0.3, -0.25) is 9.59 Å². The Bertz CT molecular complexity index is 782. The highest BCUT2D eigenvalue weighted by Gasteiger charge is 2.30. The first-order valence-electron chi connectivity index (χ1n) is 5.85. The number of nitrogens with zero attached hydrogens (tertiary/aromatic N) is 1. The third kappa shape index (κ3) is 1.83. The van der Waals surface area contributed by atoms with Crippen molar-refractivity contribution in [2.24, 2.45) is 0 Å². The number of rotatable bonds is 2. The van der Waals surface area contributed by atoms with E-state index in [1.54, 1.807) is 41.8 Å². The van der Waals surface area contributed by atoms with Crippen LogP contribution in [0.5, 0.6) is 0 Å². The van der Waals surface area contributed by atoms with Gasteiger partial charge in [0, 0.05) is 11.3 Å². The molecule has 0 saturated heterocycles. The highest BCUT2D eigenvalue weighted by molar-refractivity contribution is 7.12. The molecule has 2 heterocycles. The van der Waals surface area contributed by atoms with Gasteiger partial charge in [-0.1, -0.05) is 24.3 Å². The van der Waals surface area contributed by atoms with Crippen molar-refractivity contribution in [2.45, 2.75) is 0 Å². The summed E-state index contributed by atoms with van der Waals surface area (Å²) in [6.45, 7) is 0. The smallest absolute Gasteiger partial charge is 0.257 e. The molecular weight excluding hydrogens is 272 g/mol. The van der Waals surface area contributed by atoms with E-state index in [9.17, 15) is 14.9 Å². The van der Waals surface area contributed by atoms with Crippen LogP contribution in [0.2, 0.25) is 0 Å². The SMILES string of the molecule is N#CC(C(=O)c1cccs1)=C1C(=O)Nc2ccccc21. The van der Waals surface area contributed by atoms with Crippen LogP contribution in [-0.4, -0.2) is 11.7 Å². The molecule has 3 rings (SSSR count). The number of fused-ring (bicyclic) bond motifs is 1. The molecule has 1 N–H and O–H groups in total. The van der Waals surface area contributed by atoms with Crippen molar-refractivity contribution >= 4 is 34.3 Å². The van der Waals surface area contributed by atoms with E-state index in [4.69, 9.17) is 0 Å². The van der Waals surface area contributed by atoms with Crippen molar-refractivity contribution in [3.05, 3.63) is 57.8 Å². The molecule has 4 nitrogen and oxygen atoms in total. The fraction of sp³-hybridized carbons (Fsp3) is 0. The molecule has 0 spiro atoms. The Kier molecular flexibility index (Phi) is 2.93. The zero-order valence-electron chi connectivity index (χ0n) is 10.2. The van der Waals surface area contributed by atoms with Gasteiger partial charge in [0.15, 0.2) is 0 Å². The standard InChI is InChI=1S/C15H8N2O2S/c16-8-10(14(18)12-6-3-7-20-12)13-9-4-1-2-5-11(9)17-15(13)19/h1-7H,(H,17,19). The maximum Gasteiger partial charge on any atom is 0.257 e. The minimum absolute atomic E-state index is 0.116. The number of amides is 1. The monoisotopic (exact) mass is 280 g/mol. The van der Waals surface area contributed by atoms with Gasteiger partial charge in [0.1, 0.15) is 11.6 Å². The number of anilines is 1. The molecule has 5 heteroatoms. The highest BCUT2D eigenvalue weighted by atomic mass is 32.1. The number of thiophene rings is 1. The van der Waals surface area contributed by atoms with Gasteiger partial charge in [-0.25, -0.2) is 0 Å². The van der Waals surface area contributed by atoms with Gasteiger partial charge >= 0.3 is 0 Å². The second-order valence-corrected chi connectivity index (χ2v) is 5.12. The van der Waals surface area contributed by atoms with Crippen molar-refractivity contribution < 1.29 is 9.59 Å². The quantitative estimate of drug-likeness (QED) is 0.522. The number of hydrogen-bond donors (Lipinski definition) is 1. The number of benzene rings is 1. The second kappa shape index (κ2) is 4.76. The molecule has 1 aromatic heterocycles. The van der Waals surface area contributed by atoms with Gasteiger partial charge in [-0.2, -0.15) is 5.26 Å². The third-order valence-electron chi connectivity index (χ3n) is 3.01. The van der Waals surface area contributed by atoms with E-state index >= 15 is 0 Å². The number of hydrogen-bond acceptors (Lipinski definition) is 4. The van der Waals surface area contributed by atoms with Crippen LogP contribution in [0.15, 0.2) is 47.4 Å². The van der Waals surface area contributed by atoms with E-state index in [-0.39, 0.29) is 11.1 Å². The number of nitrogens with one attached hydrogen (secondary N) is 1. The summed E-state index contributed by atoms with van der Waals surface area (Å²) >= 11 is 1.25. The lowest BCUT2D eigenvalue weighted by Gasteiger charge is -2.01. The van der Waals surface area contributed by atoms with Gasteiger partial charge in [-0.15, -0.1) is 11.3 Å². The van der Waals surface area contributed by atoms with E-state index in [0.717, 1.165) is 0 Å². The van der Waals surface area contributed by atoms with E-state index in [1.807, 2.05) is 6.07 Å². The van der Waals surface area contributed by atoms with Gasteiger partial charge in [-0.05, 0) is 17.5 Å². The molecule has 96 valence electrons. The molecule has 2 aromatic rings. The third-order valence-corrected chi connectivity index (χ3v) is 3.87. The van der Waals surface area contributed by atoms with Crippen LogP contribution in [0, 0.1) is 11.3 Å². The average molecular weight is 280 g/mol. The molecule has 0 bridgehead atoms. The van der Waals surface area contributed by atoms with Crippen LogP contribution in [0.25, 0.3) is 5.57 Å². The summed E-state index contributed by atoms with van der Waals surface area (Å²) in [6.07, 6.45) is 0. The van der Waals surface area contributed by atoms with Crippen LogP contribution in [0.4, 0.5) is 5.69 Å². The number of Topliss-reactive ketones (excluding diaryl/α,β-unsaturated/α-hetero) is 1. The van der Waals surface area contributed by atoms with Crippen molar-refractivity contribution in [3.8, 4) is 6.07 Å². The van der Waals surface area contributed by atoms with Crippen LogP contribution in [0.3, 0.4) is 0 Å². The van der Waals surface area contributed by atoms with E-state index in [0.29, 0.717) is 16.1 Å². The average Bonchev–Trinajstić information content (AvgIpc) is 3.08. The van der Waals surface area contributed by atoms with Gasteiger partial charge in [0.2, 0.25) is 5.78 Å². The summed E-state index contributed by atoms with van der Waals surface area (Å²) in [7, 11) is 0. The fourth-order valence-electron chi connectivity index (χ4n) is 2.12. The molecule has 1 aromatic carbocycles. The first kappa shape index (κ1) is 12.3. The molecule has 1 aliphatic heterocycles. The number of carbonyl (C=O) groups is 2. The molecule has 0 radical (unpaired) electrons. The lowest BCUT2D eigenvalue weighted by molar-refractivity contribution is -0.110. The van der Waals surface area contributed by atoms with Crippen LogP contribution in [0.1, 0.15) is 15.2 Å². The predicted octanol–water partition coefficient (Wildman–Crippen LogP) is 2.86. The number of allylic oxidation sites excluding steroid dienone is 1. The second-order valence-electron chi connectivity index (χ2n) is 4.17. The Hall–Kier alpha value is -2.71. The molecule has 0 unspecified atom stereocenters. The summed E-state index contributed by atoms with van der Waals surface area (Å²) in [5.41, 5.74) is 1.26. The normalized spacial score (nSPS) is 15.2. The maximum atomic E-state index is 12.3. The predicted molar refractivity (Wildman–Crippen MR) is 76.3 cm³/mol. The minimum atomic E-state index is -0.413. The maximum absolute atomic E-state index is 12.3. The highest BCUT2D eigenvalue weighted by Crippen LogP contribution is 2.34. The number of para-hydroxylation sites is 1. The van der Waals surface area contributed by atoms with Crippen LogP contribution >= 0.6 is 11.3 Å². The number of nitriles is 1. The Morgan fingerprint density at radius 1 is 1.20 bits per heavy atom. The molecule has 1 aliphatic rings. The van der Waals surface area contributed by atoms with Gasteiger partial charge in [0.05, 0.1) is 10.5 Å². The Morgan fingerprint density at radius 2 is 2.00 bits per heavy atom. The lowest BCUT2D eigenvalue weighted by Crippen LogP contribution is -2.10. The Balaban J connectivity index is 2.20. The van der Waals surface area contributed by atoms with Gasteiger partial charge in [0.25, 0.3) is 5.91 Å². The molecule has 1 amide bonds. The summed E-state index contributed by atoms with van der Waals surface area (Å²) in [5, 5.41) is 13.7. The molecule has 0 fully saturated rings. The summed E-state index contributed by atoms with van der Waals surface area (Å²) < 4.78 is 0. The van der Waals surface area contributed by atoms with Gasteiger partial charge < -0.3 is 5.32 Å². The summed E-state index contributed by atoms with van der Waals surface area (Å²) in [4.78, 5) is 24.8. The first-order valence-corrected chi connectivity index (χ1v) is 6.73. The Morgan fingerprint density at radius 3 is 2.70 bits per heavy atom. The van der Waals surface area contributed by atoms with Crippen molar-refractivity contribution in [2.75, 3.05) is 5.32 Å². The minimum Gasteiger partial charge on any atom is -0.321 e. The van der Waals surface area contributed by atoms with Crippen LogP contribution < -0.4 is 5.32 Å². The van der Waals surface area contributed by atoms with Crippen molar-refractivity contribution in [3.63, 3.8) is 0 Å². The number of ketones is 1.